The van der Waals surface area contributed by atoms with Gasteiger partial charge in [0.2, 0.25) is 0 Å². The molecule has 0 aromatic heterocycles. The molecule has 0 radical (unpaired) electrons. The number of carbonyl (C=O) groups excluding carboxylic acids is 1. The zero-order chi connectivity index (χ0) is 16.7. The number of hydrogen-bond donors (Lipinski definition) is 0. The minimum atomic E-state index is 0.0783. The Morgan fingerprint density at radius 2 is 1.87 bits per heavy atom. The van der Waals surface area contributed by atoms with E-state index in [9.17, 15) is 4.79 Å². The first-order chi connectivity index (χ1) is 11.1. The molecule has 0 heterocycles. The number of para-hydroxylation sites is 2. The van der Waals surface area contributed by atoms with Gasteiger partial charge in [-0.2, -0.15) is 0 Å². The highest BCUT2D eigenvalue weighted by Crippen LogP contribution is 2.27. The number of rotatable bonds is 8. The van der Waals surface area contributed by atoms with E-state index in [1.165, 1.54) is 12.8 Å². The predicted octanol–water partition coefficient (Wildman–Crippen LogP) is 3.89. The van der Waals surface area contributed by atoms with Crippen molar-refractivity contribution in [1.29, 1.82) is 0 Å². The van der Waals surface area contributed by atoms with Crippen molar-refractivity contribution in [2.75, 3.05) is 20.3 Å². The monoisotopic (exact) mass is 319 g/mol. The van der Waals surface area contributed by atoms with Crippen LogP contribution in [0.15, 0.2) is 24.3 Å². The van der Waals surface area contributed by atoms with Gasteiger partial charge in [0.25, 0.3) is 5.91 Å². The van der Waals surface area contributed by atoms with Gasteiger partial charge in [0.1, 0.15) is 0 Å². The fourth-order valence-corrected chi connectivity index (χ4v) is 3.08. The second-order valence-corrected chi connectivity index (χ2v) is 6.65. The van der Waals surface area contributed by atoms with E-state index < -0.39 is 0 Å². The SMILES string of the molecule is COc1ccccc1OCC(=O)N(CCC(C)C)C1CCCC1. The van der Waals surface area contributed by atoms with E-state index in [0.29, 0.717) is 23.5 Å². The number of methoxy groups -OCH3 is 1. The predicted molar refractivity (Wildman–Crippen MR) is 91.9 cm³/mol. The highest BCUT2D eigenvalue weighted by atomic mass is 16.5. The fourth-order valence-electron chi connectivity index (χ4n) is 3.08. The molecule has 0 unspecified atom stereocenters. The van der Waals surface area contributed by atoms with Crippen molar-refractivity contribution < 1.29 is 14.3 Å². The van der Waals surface area contributed by atoms with Crippen molar-refractivity contribution in [1.82, 2.24) is 4.90 Å². The standard InChI is InChI=1S/C19H29NO3/c1-15(2)12-13-20(16-8-4-5-9-16)19(21)14-23-18-11-7-6-10-17(18)22-3/h6-7,10-11,15-16H,4-5,8-9,12-14H2,1-3H3. The molecule has 4 heteroatoms. The van der Waals surface area contributed by atoms with Gasteiger partial charge in [0, 0.05) is 12.6 Å². The largest absolute Gasteiger partial charge is 0.493 e. The van der Waals surface area contributed by atoms with Gasteiger partial charge in [0.05, 0.1) is 7.11 Å². The minimum Gasteiger partial charge on any atom is -0.493 e. The lowest BCUT2D eigenvalue weighted by Gasteiger charge is -2.29. The van der Waals surface area contributed by atoms with Gasteiger partial charge < -0.3 is 14.4 Å². The lowest BCUT2D eigenvalue weighted by Crippen LogP contribution is -2.42. The number of nitrogens with zero attached hydrogens (tertiary/aromatic N) is 1. The van der Waals surface area contributed by atoms with Crippen molar-refractivity contribution in [3.8, 4) is 11.5 Å². The number of hydrogen-bond acceptors (Lipinski definition) is 3. The molecule has 0 saturated heterocycles. The Labute approximate surface area is 139 Å². The molecule has 1 saturated carbocycles. The van der Waals surface area contributed by atoms with E-state index in [-0.39, 0.29) is 12.5 Å². The Kier molecular flexibility index (Phi) is 6.75. The lowest BCUT2D eigenvalue weighted by molar-refractivity contribution is -0.135. The van der Waals surface area contributed by atoms with E-state index in [0.717, 1.165) is 25.8 Å². The molecular formula is C19H29NO3. The summed E-state index contributed by atoms with van der Waals surface area (Å²) >= 11 is 0. The van der Waals surface area contributed by atoms with Crippen molar-refractivity contribution in [3.05, 3.63) is 24.3 Å². The van der Waals surface area contributed by atoms with E-state index in [1.807, 2.05) is 29.2 Å². The van der Waals surface area contributed by atoms with Crippen LogP contribution in [-0.4, -0.2) is 37.1 Å². The van der Waals surface area contributed by atoms with Crippen molar-refractivity contribution in [2.45, 2.75) is 52.0 Å². The van der Waals surface area contributed by atoms with Crippen LogP contribution in [0.25, 0.3) is 0 Å². The van der Waals surface area contributed by atoms with Gasteiger partial charge in [0.15, 0.2) is 18.1 Å². The molecule has 1 fully saturated rings. The number of carbonyl (C=O) groups is 1. The molecule has 0 aliphatic heterocycles. The summed E-state index contributed by atoms with van der Waals surface area (Å²) in [4.78, 5) is 14.7. The number of amides is 1. The summed E-state index contributed by atoms with van der Waals surface area (Å²) in [5.74, 6) is 1.97. The van der Waals surface area contributed by atoms with E-state index in [4.69, 9.17) is 9.47 Å². The van der Waals surface area contributed by atoms with Crippen LogP contribution < -0.4 is 9.47 Å². The molecule has 1 aromatic rings. The molecule has 2 rings (SSSR count). The molecule has 0 atom stereocenters. The number of ether oxygens (including phenoxy) is 2. The Bertz CT molecular complexity index is 495. The highest BCUT2D eigenvalue weighted by molar-refractivity contribution is 5.78. The van der Waals surface area contributed by atoms with Crippen LogP contribution in [0.5, 0.6) is 11.5 Å². The molecule has 1 aliphatic rings. The van der Waals surface area contributed by atoms with Gasteiger partial charge in [-0.25, -0.2) is 0 Å². The summed E-state index contributed by atoms with van der Waals surface area (Å²) in [6, 6.07) is 7.84. The van der Waals surface area contributed by atoms with Crippen molar-refractivity contribution in [3.63, 3.8) is 0 Å². The number of benzene rings is 1. The zero-order valence-corrected chi connectivity index (χ0v) is 14.6. The topological polar surface area (TPSA) is 38.8 Å². The Morgan fingerprint density at radius 3 is 2.48 bits per heavy atom. The maximum absolute atomic E-state index is 12.7. The zero-order valence-electron chi connectivity index (χ0n) is 14.6. The van der Waals surface area contributed by atoms with Gasteiger partial charge in [-0.3, -0.25) is 4.79 Å². The maximum Gasteiger partial charge on any atom is 0.260 e. The van der Waals surface area contributed by atoms with Crippen LogP contribution in [0.4, 0.5) is 0 Å². The summed E-state index contributed by atoms with van der Waals surface area (Å²) in [5, 5.41) is 0. The fraction of sp³-hybridized carbons (Fsp3) is 0.632. The molecule has 1 amide bonds. The average Bonchev–Trinajstić information content (AvgIpc) is 3.07. The molecule has 23 heavy (non-hydrogen) atoms. The summed E-state index contributed by atoms with van der Waals surface area (Å²) in [6.07, 6.45) is 5.74. The first-order valence-electron chi connectivity index (χ1n) is 8.67. The second kappa shape index (κ2) is 8.80. The van der Waals surface area contributed by atoms with Gasteiger partial charge >= 0.3 is 0 Å². The molecule has 0 N–H and O–H groups in total. The normalized spacial score (nSPS) is 15.0. The van der Waals surface area contributed by atoms with E-state index in [2.05, 4.69) is 13.8 Å². The van der Waals surface area contributed by atoms with Crippen LogP contribution in [0.1, 0.15) is 46.0 Å². The van der Waals surface area contributed by atoms with Crippen molar-refractivity contribution in [2.24, 2.45) is 5.92 Å². The molecule has 0 bridgehead atoms. The summed E-state index contributed by atoms with van der Waals surface area (Å²) in [5.41, 5.74) is 0. The minimum absolute atomic E-state index is 0.0783. The second-order valence-electron chi connectivity index (χ2n) is 6.65. The average molecular weight is 319 g/mol. The summed E-state index contributed by atoms with van der Waals surface area (Å²) in [7, 11) is 1.61. The van der Waals surface area contributed by atoms with Crippen LogP contribution in [-0.2, 0) is 4.79 Å². The molecular weight excluding hydrogens is 290 g/mol. The highest BCUT2D eigenvalue weighted by Gasteiger charge is 2.26. The smallest absolute Gasteiger partial charge is 0.260 e. The molecule has 0 spiro atoms. The molecule has 1 aromatic carbocycles. The third-order valence-electron chi connectivity index (χ3n) is 4.45. The first-order valence-corrected chi connectivity index (χ1v) is 8.67. The first kappa shape index (κ1) is 17.6. The van der Waals surface area contributed by atoms with Crippen molar-refractivity contribution >= 4 is 5.91 Å². The van der Waals surface area contributed by atoms with Crippen LogP contribution in [0.2, 0.25) is 0 Å². The van der Waals surface area contributed by atoms with E-state index >= 15 is 0 Å². The van der Waals surface area contributed by atoms with Crippen LogP contribution in [0, 0.1) is 5.92 Å². The van der Waals surface area contributed by atoms with Crippen LogP contribution in [0.3, 0.4) is 0 Å². The maximum atomic E-state index is 12.7. The molecule has 128 valence electrons. The van der Waals surface area contributed by atoms with E-state index in [1.54, 1.807) is 7.11 Å². The van der Waals surface area contributed by atoms with Gasteiger partial charge in [-0.1, -0.05) is 38.8 Å². The third kappa shape index (κ3) is 5.15. The summed E-state index contributed by atoms with van der Waals surface area (Å²) in [6.45, 7) is 5.30. The Hall–Kier alpha value is -1.71. The van der Waals surface area contributed by atoms with Crippen LogP contribution >= 0.6 is 0 Å². The Balaban J connectivity index is 1.96. The third-order valence-corrected chi connectivity index (χ3v) is 4.45. The molecule has 1 aliphatic carbocycles. The lowest BCUT2D eigenvalue weighted by atomic mass is 10.1. The Morgan fingerprint density at radius 1 is 1.22 bits per heavy atom. The summed E-state index contributed by atoms with van der Waals surface area (Å²) < 4.78 is 11.0. The quantitative estimate of drug-likeness (QED) is 0.729. The van der Waals surface area contributed by atoms with Gasteiger partial charge in [-0.05, 0) is 37.3 Å². The molecule has 4 nitrogen and oxygen atoms in total. The van der Waals surface area contributed by atoms with Gasteiger partial charge in [-0.15, -0.1) is 0 Å².